The number of aromatic nitrogens is 5. The van der Waals surface area contributed by atoms with E-state index in [0.29, 0.717) is 17.3 Å². The van der Waals surface area contributed by atoms with Crippen molar-refractivity contribution in [3.63, 3.8) is 0 Å². The van der Waals surface area contributed by atoms with Crippen molar-refractivity contribution < 1.29 is 13.2 Å². The third-order valence-corrected chi connectivity index (χ3v) is 7.03. The molecule has 0 N–H and O–H groups in total. The highest BCUT2D eigenvalue weighted by Crippen LogP contribution is 2.45. The van der Waals surface area contributed by atoms with Crippen LogP contribution in [0.25, 0.3) is 28.0 Å². The maximum atomic E-state index is 13.0. The Labute approximate surface area is 212 Å². The number of rotatable bonds is 6. The second-order valence-electron chi connectivity index (χ2n) is 9.79. The first-order valence-electron chi connectivity index (χ1n) is 12.4. The molecule has 5 aromatic rings. The predicted molar refractivity (Wildman–Crippen MR) is 137 cm³/mol. The lowest BCUT2D eigenvalue weighted by Gasteiger charge is -2.12. The van der Waals surface area contributed by atoms with Crippen molar-refractivity contribution in [3.05, 3.63) is 95.2 Å². The molecule has 0 bridgehead atoms. The highest BCUT2D eigenvalue weighted by molar-refractivity contribution is 5.91. The molecule has 1 aliphatic rings. The number of nitrogens with zero attached hydrogens (tertiary/aromatic N) is 5. The Hall–Kier alpha value is -3.94. The van der Waals surface area contributed by atoms with Gasteiger partial charge in [-0.2, -0.15) is 18.3 Å². The van der Waals surface area contributed by atoms with Crippen molar-refractivity contribution in [1.29, 1.82) is 0 Å². The van der Waals surface area contributed by atoms with Gasteiger partial charge in [-0.05, 0) is 73.9 Å². The quantitative estimate of drug-likeness (QED) is 0.257. The van der Waals surface area contributed by atoms with E-state index in [1.54, 1.807) is 6.92 Å². The van der Waals surface area contributed by atoms with E-state index < -0.39 is 11.9 Å². The third kappa shape index (κ3) is 4.52. The molecule has 3 aromatic heterocycles. The number of hydrogen-bond donors (Lipinski definition) is 0. The Bertz CT molecular complexity index is 1590. The van der Waals surface area contributed by atoms with Crippen molar-refractivity contribution >= 4 is 11.0 Å². The van der Waals surface area contributed by atoms with Gasteiger partial charge in [-0.15, -0.1) is 0 Å². The lowest BCUT2D eigenvalue weighted by molar-refractivity contribution is -0.141. The largest absolute Gasteiger partial charge is 0.435 e. The van der Waals surface area contributed by atoms with Crippen LogP contribution in [0.15, 0.2) is 67.0 Å². The molecule has 2 aromatic carbocycles. The smallest absolute Gasteiger partial charge is 0.334 e. The first kappa shape index (κ1) is 23.5. The molecule has 1 saturated carbocycles. The molecule has 0 saturated heterocycles. The van der Waals surface area contributed by atoms with E-state index in [1.165, 1.54) is 23.1 Å². The summed E-state index contributed by atoms with van der Waals surface area (Å²) < 4.78 is 42.5. The Morgan fingerprint density at radius 3 is 2.43 bits per heavy atom. The maximum absolute atomic E-state index is 13.0. The number of benzene rings is 2. The minimum atomic E-state index is -4.46. The molecule has 0 radical (unpaired) electrons. The molecule has 0 atom stereocenters. The molecule has 3 heterocycles. The molecule has 37 heavy (non-hydrogen) atoms. The van der Waals surface area contributed by atoms with Crippen molar-refractivity contribution in [2.75, 3.05) is 0 Å². The van der Waals surface area contributed by atoms with Crippen molar-refractivity contribution in [3.8, 4) is 16.9 Å². The summed E-state index contributed by atoms with van der Waals surface area (Å²) in [6.07, 6.45) is 1.29. The van der Waals surface area contributed by atoms with Gasteiger partial charge in [-0.3, -0.25) is 4.98 Å². The fourth-order valence-electron chi connectivity index (χ4n) is 4.91. The molecule has 8 heteroatoms. The number of halogens is 3. The van der Waals surface area contributed by atoms with Gasteiger partial charge >= 0.3 is 6.18 Å². The SMILES string of the molecule is Cc1cc(C(F)(F)F)nn1-c1ccc(CCc2cc3c(ncn3C)c(-c3ccccc3C3CC3)n2)cc1. The average Bonchev–Trinajstić information content (AvgIpc) is 3.56. The standard InChI is InChI=1S/C29H26F3N5/c1-18-15-26(29(30,31)32)35-37(18)22-13-8-19(9-14-22)7-12-21-16-25-28(33-17-36(25)2)27(34-21)24-6-4-3-5-23(24)20-10-11-20/h3-6,8-9,13-17,20H,7,10-12H2,1-2H3. The number of fused-ring (bicyclic) bond motifs is 1. The van der Waals surface area contributed by atoms with E-state index in [9.17, 15) is 13.2 Å². The molecule has 0 unspecified atom stereocenters. The van der Waals surface area contributed by atoms with Crippen LogP contribution in [-0.2, 0) is 26.1 Å². The molecular formula is C29H26F3N5. The van der Waals surface area contributed by atoms with Gasteiger partial charge in [0.2, 0.25) is 0 Å². The Kier molecular flexibility index (Phi) is 5.62. The number of hydrogen-bond acceptors (Lipinski definition) is 3. The van der Waals surface area contributed by atoms with Gasteiger partial charge in [-0.1, -0.05) is 36.4 Å². The number of pyridine rings is 1. The van der Waals surface area contributed by atoms with Crippen LogP contribution < -0.4 is 0 Å². The van der Waals surface area contributed by atoms with E-state index in [0.717, 1.165) is 52.5 Å². The van der Waals surface area contributed by atoms with Crippen LogP contribution in [-0.4, -0.2) is 24.3 Å². The van der Waals surface area contributed by atoms with Crippen LogP contribution in [0.1, 0.15) is 47.0 Å². The molecular weight excluding hydrogens is 475 g/mol. The van der Waals surface area contributed by atoms with Crippen molar-refractivity contribution in [2.45, 2.75) is 44.7 Å². The first-order chi connectivity index (χ1) is 17.8. The number of aryl methyl sites for hydroxylation is 4. The lowest BCUT2D eigenvalue weighted by atomic mass is 9.98. The summed E-state index contributed by atoms with van der Waals surface area (Å²) >= 11 is 0. The fraction of sp³-hybridized carbons (Fsp3) is 0.276. The van der Waals surface area contributed by atoms with Gasteiger partial charge in [0.05, 0.1) is 23.2 Å². The van der Waals surface area contributed by atoms with Crippen LogP contribution in [0.5, 0.6) is 0 Å². The van der Waals surface area contributed by atoms with Gasteiger partial charge < -0.3 is 4.57 Å². The van der Waals surface area contributed by atoms with Gasteiger partial charge in [0.25, 0.3) is 0 Å². The summed E-state index contributed by atoms with van der Waals surface area (Å²) in [6, 6.07) is 19.2. The third-order valence-electron chi connectivity index (χ3n) is 7.03. The molecule has 188 valence electrons. The zero-order valence-electron chi connectivity index (χ0n) is 20.6. The Morgan fingerprint density at radius 2 is 1.73 bits per heavy atom. The number of imidazole rings is 1. The van der Waals surface area contributed by atoms with Crippen LogP contribution >= 0.6 is 0 Å². The molecule has 1 aliphatic carbocycles. The highest BCUT2D eigenvalue weighted by atomic mass is 19.4. The molecule has 0 aliphatic heterocycles. The summed E-state index contributed by atoms with van der Waals surface area (Å²) in [4.78, 5) is 9.74. The molecule has 0 amide bonds. The van der Waals surface area contributed by atoms with Crippen LogP contribution in [0, 0.1) is 6.92 Å². The van der Waals surface area contributed by atoms with Gasteiger partial charge in [0.15, 0.2) is 5.69 Å². The highest BCUT2D eigenvalue weighted by Gasteiger charge is 2.34. The summed E-state index contributed by atoms with van der Waals surface area (Å²) in [5.74, 6) is 0.601. The fourth-order valence-corrected chi connectivity index (χ4v) is 4.91. The Balaban J connectivity index is 1.27. The zero-order chi connectivity index (χ0) is 25.7. The zero-order valence-corrected chi connectivity index (χ0v) is 20.6. The Morgan fingerprint density at radius 1 is 0.973 bits per heavy atom. The second kappa shape index (κ2) is 8.87. The summed E-state index contributed by atoms with van der Waals surface area (Å²) in [5.41, 5.74) is 7.62. The monoisotopic (exact) mass is 501 g/mol. The van der Waals surface area contributed by atoms with Gasteiger partial charge in [0.1, 0.15) is 5.52 Å². The van der Waals surface area contributed by atoms with Crippen LogP contribution in [0.3, 0.4) is 0 Å². The van der Waals surface area contributed by atoms with Crippen LogP contribution in [0.2, 0.25) is 0 Å². The molecule has 0 spiro atoms. The van der Waals surface area contributed by atoms with E-state index in [-0.39, 0.29) is 0 Å². The van der Waals surface area contributed by atoms with E-state index in [2.05, 4.69) is 40.4 Å². The van der Waals surface area contributed by atoms with Crippen LogP contribution in [0.4, 0.5) is 13.2 Å². The lowest BCUT2D eigenvalue weighted by Crippen LogP contribution is -2.07. The maximum Gasteiger partial charge on any atom is 0.435 e. The normalized spacial score (nSPS) is 14.0. The van der Waals surface area contributed by atoms with Gasteiger partial charge in [0, 0.05) is 24.0 Å². The predicted octanol–water partition coefficient (Wildman–Crippen LogP) is 6.81. The summed E-state index contributed by atoms with van der Waals surface area (Å²) in [6.45, 7) is 1.62. The van der Waals surface area contributed by atoms with Crippen molar-refractivity contribution in [2.24, 2.45) is 7.05 Å². The second-order valence-corrected chi connectivity index (χ2v) is 9.79. The van der Waals surface area contributed by atoms with Gasteiger partial charge in [-0.25, -0.2) is 9.67 Å². The first-order valence-corrected chi connectivity index (χ1v) is 12.4. The molecule has 5 nitrogen and oxygen atoms in total. The molecule has 1 fully saturated rings. The average molecular weight is 502 g/mol. The minimum Gasteiger partial charge on any atom is -0.334 e. The van der Waals surface area contributed by atoms with E-state index in [4.69, 9.17) is 4.98 Å². The molecule has 6 rings (SSSR count). The van der Waals surface area contributed by atoms with E-state index >= 15 is 0 Å². The number of alkyl halides is 3. The topological polar surface area (TPSA) is 48.5 Å². The van der Waals surface area contributed by atoms with E-state index in [1.807, 2.05) is 42.2 Å². The summed E-state index contributed by atoms with van der Waals surface area (Å²) in [5, 5.41) is 3.74. The summed E-state index contributed by atoms with van der Waals surface area (Å²) in [7, 11) is 2.00. The minimum absolute atomic E-state index is 0.438. The van der Waals surface area contributed by atoms with Crippen molar-refractivity contribution in [1.82, 2.24) is 24.3 Å².